The van der Waals surface area contributed by atoms with Gasteiger partial charge in [-0.05, 0) is 25.8 Å². The Labute approximate surface area is 115 Å². The van der Waals surface area contributed by atoms with Crippen molar-refractivity contribution in [3.05, 3.63) is 12.2 Å². The summed E-state index contributed by atoms with van der Waals surface area (Å²) in [6, 6.07) is 0.440. The fraction of sp³-hybridized carbons (Fsp3) is 0.857. The highest BCUT2D eigenvalue weighted by molar-refractivity contribution is 4.95. The van der Waals surface area contributed by atoms with Gasteiger partial charge in [-0.3, -0.25) is 4.68 Å². The third-order valence-corrected chi connectivity index (χ3v) is 4.04. The van der Waals surface area contributed by atoms with Gasteiger partial charge >= 0.3 is 0 Å². The summed E-state index contributed by atoms with van der Waals surface area (Å²) in [5.74, 6) is 1.64. The van der Waals surface area contributed by atoms with Crippen LogP contribution in [0.1, 0.15) is 38.9 Å². The van der Waals surface area contributed by atoms with Crippen molar-refractivity contribution >= 4 is 0 Å². The Hall–Kier alpha value is -0.940. The predicted molar refractivity (Wildman–Crippen MR) is 74.9 cm³/mol. The van der Waals surface area contributed by atoms with Crippen molar-refractivity contribution in [3.63, 3.8) is 0 Å². The Morgan fingerprint density at radius 2 is 2.37 bits per heavy atom. The van der Waals surface area contributed by atoms with Gasteiger partial charge in [0.2, 0.25) is 0 Å². The Balaban J connectivity index is 2.04. The maximum Gasteiger partial charge on any atom is 0.138 e. The number of hydrogen-bond acceptors (Lipinski definition) is 4. The summed E-state index contributed by atoms with van der Waals surface area (Å²) in [5.41, 5.74) is 0. The smallest absolute Gasteiger partial charge is 0.138 e. The van der Waals surface area contributed by atoms with Gasteiger partial charge in [-0.1, -0.05) is 13.8 Å². The van der Waals surface area contributed by atoms with E-state index in [0.29, 0.717) is 18.1 Å². The molecule has 1 aliphatic rings. The molecule has 0 radical (unpaired) electrons. The standard InChI is InChI=1S/C14H26N4O/c1-4-7-15-12(9-14-16-10-17-18(14)3)11-6-8-19-13(11)5-2/h10-13,15H,4-9H2,1-3H3. The summed E-state index contributed by atoms with van der Waals surface area (Å²) in [6.45, 7) is 6.36. The number of nitrogens with one attached hydrogen (secondary N) is 1. The fourth-order valence-corrected chi connectivity index (χ4v) is 2.95. The molecular formula is C14H26N4O. The molecule has 5 heteroatoms. The molecule has 1 fully saturated rings. The van der Waals surface area contributed by atoms with E-state index in [9.17, 15) is 0 Å². The minimum atomic E-state index is 0.391. The Bertz CT molecular complexity index is 379. The average molecular weight is 266 g/mol. The Morgan fingerprint density at radius 1 is 1.53 bits per heavy atom. The summed E-state index contributed by atoms with van der Waals surface area (Å²) >= 11 is 0. The van der Waals surface area contributed by atoms with Gasteiger partial charge in [-0.25, -0.2) is 4.98 Å². The van der Waals surface area contributed by atoms with E-state index in [4.69, 9.17) is 4.74 Å². The molecule has 108 valence electrons. The number of rotatable bonds is 7. The summed E-state index contributed by atoms with van der Waals surface area (Å²) in [4.78, 5) is 4.36. The molecule has 1 aromatic heterocycles. The summed E-state index contributed by atoms with van der Waals surface area (Å²) in [5, 5.41) is 7.84. The van der Waals surface area contributed by atoms with E-state index >= 15 is 0 Å². The number of ether oxygens (including phenoxy) is 1. The van der Waals surface area contributed by atoms with Crippen LogP contribution >= 0.6 is 0 Å². The number of aryl methyl sites for hydroxylation is 1. The highest BCUT2D eigenvalue weighted by Crippen LogP contribution is 2.28. The fourth-order valence-electron chi connectivity index (χ4n) is 2.95. The number of nitrogens with zero attached hydrogens (tertiary/aromatic N) is 3. The minimum absolute atomic E-state index is 0.391. The van der Waals surface area contributed by atoms with Crippen molar-refractivity contribution in [2.45, 2.75) is 51.7 Å². The maximum absolute atomic E-state index is 5.84. The van der Waals surface area contributed by atoms with Crippen LogP contribution in [0, 0.1) is 5.92 Å². The van der Waals surface area contributed by atoms with Crippen LogP contribution in [-0.2, 0) is 18.2 Å². The second-order valence-electron chi connectivity index (χ2n) is 5.33. The number of aromatic nitrogens is 3. The molecule has 19 heavy (non-hydrogen) atoms. The number of hydrogen-bond donors (Lipinski definition) is 1. The lowest BCUT2D eigenvalue weighted by Crippen LogP contribution is -2.42. The second kappa shape index (κ2) is 7.01. The molecule has 3 atom stereocenters. The van der Waals surface area contributed by atoms with Crippen molar-refractivity contribution in [2.75, 3.05) is 13.2 Å². The van der Waals surface area contributed by atoms with E-state index in [2.05, 4.69) is 29.2 Å². The Kier molecular flexibility index (Phi) is 5.34. The van der Waals surface area contributed by atoms with Crippen LogP contribution in [-0.4, -0.2) is 40.1 Å². The van der Waals surface area contributed by atoms with E-state index in [1.54, 1.807) is 6.33 Å². The maximum atomic E-state index is 5.84. The molecule has 0 bridgehead atoms. The lowest BCUT2D eigenvalue weighted by Gasteiger charge is -2.27. The quantitative estimate of drug-likeness (QED) is 0.813. The van der Waals surface area contributed by atoms with Crippen molar-refractivity contribution < 1.29 is 4.74 Å². The molecule has 5 nitrogen and oxygen atoms in total. The molecule has 1 saturated heterocycles. The van der Waals surface area contributed by atoms with Crippen LogP contribution in [0.5, 0.6) is 0 Å². The van der Waals surface area contributed by atoms with E-state index in [1.165, 1.54) is 0 Å². The van der Waals surface area contributed by atoms with Crippen LogP contribution in [0.4, 0.5) is 0 Å². The summed E-state index contributed by atoms with van der Waals surface area (Å²) < 4.78 is 7.71. The first-order valence-electron chi connectivity index (χ1n) is 7.44. The van der Waals surface area contributed by atoms with Crippen LogP contribution < -0.4 is 5.32 Å². The van der Waals surface area contributed by atoms with Crippen molar-refractivity contribution in [2.24, 2.45) is 13.0 Å². The van der Waals surface area contributed by atoms with Crippen molar-refractivity contribution in [3.8, 4) is 0 Å². The van der Waals surface area contributed by atoms with Gasteiger partial charge in [0.15, 0.2) is 0 Å². The highest BCUT2D eigenvalue weighted by Gasteiger charge is 2.33. The van der Waals surface area contributed by atoms with Crippen LogP contribution in [0.15, 0.2) is 6.33 Å². The average Bonchev–Trinajstić information content (AvgIpc) is 3.03. The van der Waals surface area contributed by atoms with Gasteiger partial charge in [0, 0.05) is 32.0 Å². The third kappa shape index (κ3) is 3.54. The van der Waals surface area contributed by atoms with E-state index in [1.807, 2.05) is 11.7 Å². The molecule has 3 unspecified atom stereocenters. The SMILES string of the molecule is CCCNC(Cc1ncnn1C)C1CCOC1CC. The van der Waals surface area contributed by atoms with E-state index in [-0.39, 0.29) is 0 Å². The molecular weight excluding hydrogens is 240 g/mol. The van der Waals surface area contributed by atoms with Gasteiger partial charge in [0.05, 0.1) is 6.10 Å². The van der Waals surface area contributed by atoms with Gasteiger partial charge in [0.25, 0.3) is 0 Å². The second-order valence-corrected chi connectivity index (χ2v) is 5.33. The first-order valence-corrected chi connectivity index (χ1v) is 7.44. The first-order chi connectivity index (χ1) is 9.26. The van der Waals surface area contributed by atoms with Crippen LogP contribution in [0.3, 0.4) is 0 Å². The molecule has 2 rings (SSSR count). The summed E-state index contributed by atoms with van der Waals surface area (Å²) in [6.07, 6.45) is 6.35. The van der Waals surface area contributed by atoms with Gasteiger partial charge < -0.3 is 10.1 Å². The minimum Gasteiger partial charge on any atom is -0.378 e. The van der Waals surface area contributed by atoms with Crippen LogP contribution in [0.25, 0.3) is 0 Å². The molecule has 0 spiro atoms. The molecule has 1 aromatic rings. The first kappa shape index (κ1) is 14.5. The molecule has 1 N–H and O–H groups in total. The van der Waals surface area contributed by atoms with Crippen LogP contribution in [0.2, 0.25) is 0 Å². The molecule has 0 aromatic carbocycles. The van der Waals surface area contributed by atoms with Gasteiger partial charge in [0.1, 0.15) is 12.2 Å². The molecule has 0 saturated carbocycles. The monoisotopic (exact) mass is 266 g/mol. The van der Waals surface area contributed by atoms with Gasteiger partial charge in [-0.15, -0.1) is 0 Å². The Morgan fingerprint density at radius 3 is 3.00 bits per heavy atom. The zero-order chi connectivity index (χ0) is 13.7. The van der Waals surface area contributed by atoms with Gasteiger partial charge in [-0.2, -0.15) is 5.10 Å². The molecule has 2 heterocycles. The van der Waals surface area contributed by atoms with Crippen molar-refractivity contribution in [1.29, 1.82) is 0 Å². The molecule has 0 aliphatic carbocycles. The zero-order valence-corrected chi connectivity index (χ0v) is 12.3. The lowest BCUT2D eigenvalue weighted by atomic mass is 9.89. The highest BCUT2D eigenvalue weighted by atomic mass is 16.5. The lowest BCUT2D eigenvalue weighted by molar-refractivity contribution is 0.0771. The van der Waals surface area contributed by atoms with Crippen molar-refractivity contribution in [1.82, 2.24) is 20.1 Å². The summed E-state index contributed by atoms with van der Waals surface area (Å²) in [7, 11) is 1.96. The largest absolute Gasteiger partial charge is 0.378 e. The molecule has 1 aliphatic heterocycles. The molecule has 0 amide bonds. The van der Waals surface area contributed by atoms with E-state index in [0.717, 1.165) is 44.7 Å². The van der Waals surface area contributed by atoms with E-state index < -0.39 is 0 Å². The topological polar surface area (TPSA) is 52.0 Å². The third-order valence-electron chi connectivity index (χ3n) is 4.04. The predicted octanol–water partition coefficient (Wildman–Crippen LogP) is 1.54. The zero-order valence-electron chi connectivity index (χ0n) is 12.3. The normalized spacial score (nSPS) is 24.8.